The van der Waals surface area contributed by atoms with Crippen LogP contribution in [0.3, 0.4) is 0 Å². The lowest BCUT2D eigenvalue weighted by Crippen LogP contribution is -2.07. The Kier molecular flexibility index (Phi) is 3.88. The zero-order chi connectivity index (χ0) is 10.6. The highest BCUT2D eigenvalue weighted by molar-refractivity contribution is 9.10. The first-order chi connectivity index (χ1) is 6.63. The quantitative estimate of drug-likeness (QED) is 0.611. The standard InChI is InChI=1S/C9H11BrN2O2/c1-7(9(13)14-2)3-4-12-6-8(10)5-11-12/h5-6H,1,3-4H2,2H3. The molecule has 0 aromatic carbocycles. The van der Waals surface area contributed by atoms with Crippen LogP contribution in [-0.2, 0) is 16.1 Å². The van der Waals surface area contributed by atoms with Gasteiger partial charge in [-0.15, -0.1) is 0 Å². The third kappa shape index (κ3) is 2.99. The Labute approximate surface area is 90.7 Å². The summed E-state index contributed by atoms with van der Waals surface area (Å²) in [6, 6.07) is 0. The molecule has 4 nitrogen and oxygen atoms in total. The predicted molar refractivity (Wildman–Crippen MR) is 55.7 cm³/mol. The van der Waals surface area contributed by atoms with Crippen LogP contribution < -0.4 is 0 Å². The number of hydrogen-bond acceptors (Lipinski definition) is 3. The van der Waals surface area contributed by atoms with Crippen LogP contribution in [0, 0.1) is 0 Å². The van der Waals surface area contributed by atoms with Gasteiger partial charge in [-0.1, -0.05) is 6.58 Å². The summed E-state index contributed by atoms with van der Waals surface area (Å²) in [5, 5.41) is 4.05. The molecular formula is C9H11BrN2O2. The molecule has 1 rings (SSSR count). The van der Waals surface area contributed by atoms with E-state index in [1.807, 2.05) is 6.20 Å². The summed E-state index contributed by atoms with van der Waals surface area (Å²) in [4.78, 5) is 11.0. The van der Waals surface area contributed by atoms with Crippen LogP contribution in [0.15, 0.2) is 29.0 Å². The van der Waals surface area contributed by atoms with E-state index in [4.69, 9.17) is 0 Å². The highest BCUT2D eigenvalue weighted by Crippen LogP contribution is 2.08. The van der Waals surface area contributed by atoms with Gasteiger partial charge in [-0.3, -0.25) is 4.68 Å². The van der Waals surface area contributed by atoms with Crippen molar-refractivity contribution in [1.29, 1.82) is 0 Å². The highest BCUT2D eigenvalue weighted by Gasteiger charge is 2.06. The first-order valence-corrected chi connectivity index (χ1v) is 4.87. The summed E-state index contributed by atoms with van der Waals surface area (Å²) in [7, 11) is 1.35. The number of ether oxygens (including phenoxy) is 1. The van der Waals surface area contributed by atoms with Gasteiger partial charge in [0, 0.05) is 18.3 Å². The molecule has 1 heterocycles. The van der Waals surface area contributed by atoms with E-state index in [-0.39, 0.29) is 5.97 Å². The smallest absolute Gasteiger partial charge is 0.333 e. The maximum absolute atomic E-state index is 11.0. The fourth-order valence-corrected chi connectivity index (χ4v) is 1.28. The lowest BCUT2D eigenvalue weighted by molar-refractivity contribution is -0.136. The first-order valence-electron chi connectivity index (χ1n) is 4.07. The molecular weight excluding hydrogens is 248 g/mol. The molecule has 0 unspecified atom stereocenters. The molecule has 0 saturated carbocycles. The number of aromatic nitrogens is 2. The van der Waals surface area contributed by atoms with Gasteiger partial charge < -0.3 is 4.74 Å². The van der Waals surface area contributed by atoms with Gasteiger partial charge in [0.25, 0.3) is 0 Å². The van der Waals surface area contributed by atoms with Crippen molar-refractivity contribution >= 4 is 21.9 Å². The summed E-state index contributed by atoms with van der Waals surface area (Å²) in [5.74, 6) is -0.365. The molecule has 5 heteroatoms. The van der Waals surface area contributed by atoms with E-state index in [1.165, 1.54) is 7.11 Å². The molecule has 0 atom stereocenters. The molecule has 0 saturated heterocycles. The van der Waals surface area contributed by atoms with Gasteiger partial charge in [0.1, 0.15) is 0 Å². The number of aryl methyl sites for hydroxylation is 1. The summed E-state index contributed by atoms with van der Waals surface area (Å²) >= 11 is 3.28. The number of carbonyl (C=O) groups excluding carboxylic acids is 1. The molecule has 0 aliphatic heterocycles. The van der Waals surface area contributed by atoms with E-state index in [0.29, 0.717) is 18.5 Å². The van der Waals surface area contributed by atoms with Crippen LogP contribution in [0.1, 0.15) is 6.42 Å². The van der Waals surface area contributed by atoms with E-state index >= 15 is 0 Å². The zero-order valence-electron chi connectivity index (χ0n) is 7.86. The number of esters is 1. The zero-order valence-corrected chi connectivity index (χ0v) is 9.45. The topological polar surface area (TPSA) is 44.1 Å². The molecule has 0 spiro atoms. The van der Waals surface area contributed by atoms with Crippen LogP contribution in [0.2, 0.25) is 0 Å². The lowest BCUT2D eigenvalue weighted by Gasteiger charge is -2.03. The number of nitrogens with zero attached hydrogens (tertiary/aromatic N) is 2. The van der Waals surface area contributed by atoms with Gasteiger partial charge in [-0.25, -0.2) is 4.79 Å². The van der Waals surface area contributed by atoms with Gasteiger partial charge in [-0.2, -0.15) is 5.10 Å². The summed E-state index contributed by atoms with van der Waals surface area (Å²) in [5.41, 5.74) is 0.458. The molecule has 0 fully saturated rings. The van der Waals surface area contributed by atoms with E-state index in [0.717, 1.165) is 4.47 Å². The summed E-state index contributed by atoms with van der Waals surface area (Å²) in [6.07, 6.45) is 4.08. The van der Waals surface area contributed by atoms with Crippen LogP contribution in [-0.4, -0.2) is 22.9 Å². The molecule has 0 bridgehead atoms. The largest absolute Gasteiger partial charge is 0.466 e. The fourth-order valence-electron chi connectivity index (χ4n) is 0.957. The lowest BCUT2D eigenvalue weighted by atomic mass is 10.2. The third-order valence-corrected chi connectivity index (χ3v) is 2.13. The number of carbonyl (C=O) groups is 1. The minimum absolute atomic E-state index is 0.365. The molecule has 0 aliphatic rings. The molecule has 76 valence electrons. The Hall–Kier alpha value is -1.10. The fraction of sp³-hybridized carbons (Fsp3) is 0.333. The van der Waals surface area contributed by atoms with E-state index in [1.54, 1.807) is 10.9 Å². The number of hydrogen-bond donors (Lipinski definition) is 0. The first kappa shape index (κ1) is 11.0. The molecule has 0 aliphatic carbocycles. The van der Waals surface area contributed by atoms with Crippen molar-refractivity contribution in [3.63, 3.8) is 0 Å². The SMILES string of the molecule is C=C(CCn1cc(Br)cn1)C(=O)OC. The van der Waals surface area contributed by atoms with Crippen molar-refractivity contribution in [3.8, 4) is 0 Å². The van der Waals surface area contributed by atoms with Gasteiger partial charge in [-0.05, 0) is 22.4 Å². The third-order valence-electron chi connectivity index (χ3n) is 1.72. The Morgan fingerprint density at radius 1 is 1.79 bits per heavy atom. The minimum atomic E-state index is -0.365. The predicted octanol–water partition coefficient (Wildman–Crippen LogP) is 1.76. The molecule has 1 aromatic heterocycles. The maximum atomic E-state index is 11.0. The molecule has 0 amide bonds. The normalized spacial score (nSPS) is 9.86. The van der Waals surface area contributed by atoms with Gasteiger partial charge >= 0.3 is 5.97 Å². The molecule has 1 aromatic rings. The van der Waals surface area contributed by atoms with Crippen molar-refractivity contribution in [3.05, 3.63) is 29.0 Å². The Morgan fingerprint density at radius 3 is 3.00 bits per heavy atom. The Morgan fingerprint density at radius 2 is 2.50 bits per heavy atom. The van der Waals surface area contributed by atoms with Crippen molar-refractivity contribution in [2.24, 2.45) is 0 Å². The van der Waals surface area contributed by atoms with Crippen LogP contribution in [0.5, 0.6) is 0 Å². The second-order valence-corrected chi connectivity index (χ2v) is 3.68. The second-order valence-electron chi connectivity index (χ2n) is 2.77. The average molecular weight is 259 g/mol. The highest BCUT2D eigenvalue weighted by atomic mass is 79.9. The van der Waals surface area contributed by atoms with Gasteiger partial charge in [0.2, 0.25) is 0 Å². The Balaban J connectivity index is 2.41. The minimum Gasteiger partial charge on any atom is -0.466 e. The Bertz CT molecular complexity index is 346. The second kappa shape index (κ2) is 4.95. The molecule has 0 radical (unpaired) electrons. The summed E-state index contributed by atoms with van der Waals surface area (Å²) in [6.45, 7) is 4.24. The van der Waals surface area contributed by atoms with Gasteiger partial charge in [0.05, 0.1) is 17.8 Å². The maximum Gasteiger partial charge on any atom is 0.333 e. The number of halogens is 1. The molecule has 0 N–H and O–H groups in total. The van der Waals surface area contributed by atoms with Crippen molar-refractivity contribution in [1.82, 2.24) is 9.78 Å². The van der Waals surface area contributed by atoms with Gasteiger partial charge in [0.15, 0.2) is 0 Å². The van der Waals surface area contributed by atoms with Crippen LogP contribution in [0.25, 0.3) is 0 Å². The molecule has 14 heavy (non-hydrogen) atoms. The van der Waals surface area contributed by atoms with Crippen LogP contribution >= 0.6 is 15.9 Å². The van der Waals surface area contributed by atoms with Crippen LogP contribution in [0.4, 0.5) is 0 Å². The van der Waals surface area contributed by atoms with E-state index < -0.39 is 0 Å². The number of rotatable bonds is 4. The number of methoxy groups -OCH3 is 1. The van der Waals surface area contributed by atoms with Crippen molar-refractivity contribution in [2.45, 2.75) is 13.0 Å². The van der Waals surface area contributed by atoms with Crippen molar-refractivity contribution < 1.29 is 9.53 Å². The van der Waals surface area contributed by atoms with E-state index in [9.17, 15) is 4.79 Å². The monoisotopic (exact) mass is 258 g/mol. The summed E-state index contributed by atoms with van der Waals surface area (Å²) < 4.78 is 7.18. The average Bonchev–Trinajstić information content (AvgIpc) is 2.59. The van der Waals surface area contributed by atoms with E-state index in [2.05, 4.69) is 32.3 Å². The van der Waals surface area contributed by atoms with Crippen molar-refractivity contribution in [2.75, 3.05) is 7.11 Å².